The molecular weight excluding hydrogens is 282 g/mol. The van der Waals surface area contributed by atoms with Crippen molar-refractivity contribution in [3.8, 4) is 0 Å². The molecule has 0 atom stereocenters. The lowest BCUT2D eigenvalue weighted by Gasteiger charge is -2.31. The van der Waals surface area contributed by atoms with E-state index in [1.807, 2.05) is 51.1 Å². The van der Waals surface area contributed by atoms with E-state index in [1.165, 1.54) is 0 Å². The maximum absolute atomic E-state index is 12.8. The second kappa shape index (κ2) is 6.16. The van der Waals surface area contributed by atoms with Gasteiger partial charge in [-0.3, -0.25) is 0 Å². The van der Waals surface area contributed by atoms with E-state index in [9.17, 15) is 8.42 Å². The molecule has 4 heteroatoms. The van der Waals surface area contributed by atoms with Crippen molar-refractivity contribution in [1.29, 1.82) is 0 Å². The second-order valence-corrected chi connectivity index (χ2v) is 7.07. The van der Waals surface area contributed by atoms with Crippen LogP contribution in [0, 0.1) is 0 Å². The topological polar surface area (TPSA) is 46.2 Å². The molecule has 0 amide bonds. The summed E-state index contributed by atoms with van der Waals surface area (Å²) in [5.41, 5.74) is -0.365. The van der Waals surface area contributed by atoms with Crippen molar-refractivity contribution in [3.05, 3.63) is 42.5 Å². The van der Waals surface area contributed by atoms with Gasteiger partial charge in [-0.25, -0.2) is 13.1 Å². The molecule has 0 spiro atoms. The highest BCUT2D eigenvalue weighted by molar-refractivity contribution is 7.89. The van der Waals surface area contributed by atoms with Crippen LogP contribution >= 0.6 is 0 Å². The van der Waals surface area contributed by atoms with Gasteiger partial charge in [-0.2, -0.15) is 0 Å². The van der Waals surface area contributed by atoms with Crippen LogP contribution in [0.3, 0.4) is 0 Å². The zero-order valence-corrected chi connectivity index (χ0v) is 13.7. The molecule has 2 aromatic carbocycles. The lowest BCUT2D eigenvalue weighted by molar-refractivity contribution is 0.342. The van der Waals surface area contributed by atoms with Crippen LogP contribution in [0.5, 0.6) is 0 Å². The average molecular weight is 305 g/mol. The van der Waals surface area contributed by atoms with E-state index >= 15 is 0 Å². The van der Waals surface area contributed by atoms with Gasteiger partial charge in [0.05, 0.1) is 4.90 Å². The van der Waals surface area contributed by atoms with Gasteiger partial charge in [-0.05, 0) is 30.7 Å². The predicted octanol–water partition coefficient (Wildman–Crippen LogP) is 4.09. The maximum atomic E-state index is 12.8. The van der Waals surface area contributed by atoms with E-state index in [0.29, 0.717) is 4.90 Å². The molecule has 0 heterocycles. The molecule has 0 radical (unpaired) electrons. The fraction of sp³-hybridized carbons (Fsp3) is 0.412. The number of benzene rings is 2. The Morgan fingerprint density at radius 2 is 1.48 bits per heavy atom. The third kappa shape index (κ3) is 3.11. The smallest absolute Gasteiger partial charge is 0.207 e. The van der Waals surface area contributed by atoms with Gasteiger partial charge in [0.1, 0.15) is 0 Å². The Morgan fingerprint density at radius 3 is 2.10 bits per heavy atom. The van der Waals surface area contributed by atoms with Gasteiger partial charge in [0.2, 0.25) is 10.0 Å². The van der Waals surface area contributed by atoms with Crippen molar-refractivity contribution in [2.24, 2.45) is 0 Å². The fourth-order valence-electron chi connectivity index (χ4n) is 2.74. The minimum Gasteiger partial charge on any atom is -0.207 e. The van der Waals surface area contributed by atoms with Gasteiger partial charge in [-0.1, -0.05) is 57.2 Å². The van der Waals surface area contributed by atoms with Gasteiger partial charge >= 0.3 is 0 Å². The molecule has 0 saturated heterocycles. The summed E-state index contributed by atoms with van der Waals surface area (Å²) >= 11 is 0. The van der Waals surface area contributed by atoms with E-state index in [1.54, 1.807) is 12.1 Å². The van der Waals surface area contributed by atoms with Crippen LogP contribution in [-0.2, 0) is 10.0 Å². The first-order valence-corrected chi connectivity index (χ1v) is 8.98. The number of fused-ring (bicyclic) bond motifs is 1. The first-order valence-electron chi connectivity index (χ1n) is 7.49. The molecule has 1 N–H and O–H groups in total. The van der Waals surface area contributed by atoms with Crippen LogP contribution < -0.4 is 4.72 Å². The predicted molar refractivity (Wildman–Crippen MR) is 87.9 cm³/mol. The molecular formula is C17H23NO2S. The molecule has 0 bridgehead atoms. The molecule has 0 fully saturated rings. The Morgan fingerprint density at radius 1 is 0.905 bits per heavy atom. The molecule has 0 aliphatic rings. The summed E-state index contributed by atoms with van der Waals surface area (Å²) in [7, 11) is -3.53. The van der Waals surface area contributed by atoms with Gasteiger partial charge in [0.25, 0.3) is 0 Å². The second-order valence-electron chi connectivity index (χ2n) is 5.42. The highest BCUT2D eigenvalue weighted by Crippen LogP contribution is 2.27. The number of sulfonamides is 1. The quantitative estimate of drug-likeness (QED) is 0.874. The molecule has 114 valence electrons. The highest BCUT2D eigenvalue weighted by Gasteiger charge is 2.31. The highest BCUT2D eigenvalue weighted by atomic mass is 32.2. The standard InChI is InChI=1S/C17H23NO2S/c1-4-17(5-2,6-3)18-21(19,20)16-13-9-11-14-10-7-8-12-15(14)16/h7-13,18H,4-6H2,1-3H3. The Labute approximate surface area is 127 Å². The Balaban J connectivity index is 2.52. The summed E-state index contributed by atoms with van der Waals surface area (Å²) in [6.45, 7) is 6.08. The van der Waals surface area contributed by atoms with Gasteiger partial charge in [0, 0.05) is 10.9 Å². The normalized spacial score (nSPS) is 12.7. The SMILES string of the molecule is CCC(CC)(CC)NS(=O)(=O)c1cccc2ccccc12. The summed E-state index contributed by atoms with van der Waals surface area (Å²) < 4.78 is 28.6. The van der Waals surface area contributed by atoms with Crippen molar-refractivity contribution in [2.45, 2.75) is 50.5 Å². The minimum atomic E-state index is -3.53. The van der Waals surface area contributed by atoms with E-state index in [-0.39, 0.29) is 5.54 Å². The molecule has 0 aromatic heterocycles. The summed E-state index contributed by atoms with van der Waals surface area (Å²) in [6, 6.07) is 13.0. The summed E-state index contributed by atoms with van der Waals surface area (Å²) in [5.74, 6) is 0. The molecule has 3 nitrogen and oxygen atoms in total. The molecule has 2 rings (SSSR count). The van der Waals surface area contributed by atoms with Gasteiger partial charge in [-0.15, -0.1) is 0 Å². The van der Waals surface area contributed by atoms with Crippen LogP contribution in [0.4, 0.5) is 0 Å². The minimum absolute atomic E-state index is 0.361. The number of nitrogens with one attached hydrogen (secondary N) is 1. The van der Waals surface area contributed by atoms with Crippen molar-refractivity contribution in [1.82, 2.24) is 4.72 Å². The van der Waals surface area contributed by atoms with Crippen molar-refractivity contribution in [3.63, 3.8) is 0 Å². The van der Waals surface area contributed by atoms with E-state index in [0.717, 1.165) is 30.0 Å². The van der Waals surface area contributed by atoms with E-state index in [4.69, 9.17) is 0 Å². The summed E-state index contributed by atoms with van der Waals surface area (Å²) in [5, 5.41) is 1.71. The summed E-state index contributed by atoms with van der Waals surface area (Å²) in [6.07, 6.45) is 2.35. The van der Waals surface area contributed by atoms with Crippen molar-refractivity contribution < 1.29 is 8.42 Å². The summed E-state index contributed by atoms with van der Waals surface area (Å²) in [4.78, 5) is 0.361. The van der Waals surface area contributed by atoms with E-state index in [2.05, 4.69) is 4.72 Å². The first-order chi connectivity index (χ1) is 9.98. The molecule has 0 unspecified atom stereocenters. The Bertz CT molecular complexity index is 705. The Hall–Kier alpha value is -1.39. The van der Waals surface area contributed by atoms with Crippen molar-refractivity contribution in [2.75, 3.05) is 0 Å². The monoisotopic (exact) mass is 305 g/mol. The van der Waals surface area contributed by atoms with E-state index < -0.39 is 10.0 Å². The van der Waals surface area contributed by atoms with Gasteiger partial charge in [0.15, 0.2) is 0 Å². The fourth-order valence-corrected chi connectivity index (χ4v) is 4.58. The zero-order valence-electron chi connectivity index (χ0n) is 12.9. The average Bonchev–Trinajstić information content (AvgIpc) is 2.52. The maximum Gasteiger partial charge on any atom is 0.241 e. The molecule has 2 aromatic rings. The van der Waals surface area contributed by atoms with Crippen molar-refractivity contribution >= 4 is 20.8 Å². The lowest BCUT2D eigenvalue weighted by Crippen LogP contribution is -2.46. The number of hydrogen-bond acceptors (Lipinski definition) is 2. The molecule has 21 heavy (non-hydrogen) atoms. The van der Waals surface area contributed by atoms with Crippen LogP contribution in [0.1, 0.15) is 40.0 Å². The van der Waals surface area contributed by atoms with Crippen LogP contribution in [-0.4, -0.2) is 14.0 Å². The first kappa shape index (κ1) is 16.0. The molecule has 0 aliphatic heterocycles. The Kier molecular flexibility index (Phi) is 4.69. The zero-order chi connectivity index (χ0) is 15.5. The van der Waals surface area contributed by atoms with Crippen LogP contribution in [0.2, 0.25) is 0 Å². The number of rotatable bonds is 6. The third-order valence-corrected chi connectivity index (χ3v) is 6.06. The largest absolute Gasteiger partial charge is 0.241 e. The third-order valence-electron chi connectivity index (χ3n) is 4.42. The number of hydrogen-bond donors (Lipinski definition) is 1. The molecule has 0 aliphatic carbocycles. The van der Waals surface area contributed by atoms with Gasteiger partial charge < -0.3 is 0 Å². The lowest BCUT2D eigenvalue weighted by atomic mass is 9.91. The van der Waals surface area contributed by atoms with Crippen LogP contribution in [0.15, 0.2) is 47.4 Å². The molecule has 0 saturated carbocycles. The van der Waals surface area contributed by atoms with Crippen LogP contribution in [0.25, 0.3) is 10.8 Å².